The van der Waals surface area contributed by atoms with Crippen molar-refractivity contribution < 1.29 is 0 Å². The van der Waals surface area contributed by atoms with Crippen LogP contribution in [0.4, 0.5) is 17.1 Å². The molecule has 1 heterocycles. The van der Waals surface area contributed by atoms with E-state index in [9.17, 15) is 0 Å². The fourth-order valence-corrected chi connectivity index (χ4v) is 8.37. The maximum Gasteiger partial charge on any atom is 0.0541 e. The van der Waals surface area contributed by atoms with Crippen LogP contribution >= 0.6 is 22.6 Å². The molecule has 0 aliphatic heterocycles. The van der Waals surface area contributed by atoms with Crippen LogP contribution in [0.5, 0.6) is 0 Å². The van der Waals surface area contributed by atoms with Gasteiger partial charge in [-0.25, -0.2) is 0 Å². The highest BCUT2D eigenvalue weighted by atomic mass is 127. The Hall–Kier alpha value is -4.35. The summed E-state index contributed by atoms with van der Waals surface area (Å²) in [5, 5.41) is 2.66. The minimum absolute atomic E-state index is 0.00536. The van der Waals surface area contributed by atoms with Crippen LogP contribution in [0.2, 0.25) is 0 Å². The molecular formula is C53H59IN2. The van der Waals surface area contributed by atoms with Crippen molar-refractivity contribution >= 4 is 61.5 Å². The summed E-state index contributed by atoms with van der Waals surface area (Å²) < 4.78 is 3.69. The molecule has 0 amide bonds. The van der Waals surface area contributed by atoms with E-state index >= 15 is 0 Å². The predicted molar refractivity (Wildman–Crippen MR) is 252 cm³/mol. The van der Waals surface area contributed by atoms with Crippen molar-refractivity contribution in [2.24, 2.45) is 0 Å². The van der Waals surface area contributed by atoms with Crippen LogP contribution in [-0.4, -0.2) is 4.57 Å². The smallest absolute Gasteiger partial charge is 0.0541 e. The number of benzene rings is 6. The van der Waals surface area contributed by atoms with E-state index in [0.717, 1.165) is 12.8 Å². The molecule has 3 heteroatoms. The molecule has 56 heavy (non-hydrogen) atoms. The molecule has 7 rings (SSSR count). The highest BCUT2D eigenvalue weighted by Crippen LogP contribution is 2.42. The molecule has 7 aromatic rings. The number of rotatable bonds is 9. The first kappa shape index (κ1) is 39.9. The molecule has 0 saturated heterocycles. The molecule has 2 nitrogen and oxygen atoms in total. The van der Waals surface area contributed by atoms with Crippen LogP contribution in [0.25, 0.3) is 27.5 Å². The summed E-state index contributed by atoms with van der Waals surface area (Å²) in [5.74, 6) is 0. The molecule has 6 aromatic carbocycles. The van der Waals surface area contributed by atoms with E-state index in [2.05, 4.69) is 242 Å². The molecule has 0 fully saturated rings. The summed E-state index contributed by atoms with van der Waals surface area (Å²) in [7, 11) is 0. The van der Waals surface area contributed by atoms with Gasteiger partial charge < -0.3 is 9.47 Å². The summed E-state index contributed by atoms with van der Waals surface area (Å²) >= 11 is 2.39. The van der Waals surface area contributed by atoms with Gasteiger partial charge in [0, 0.05) is 37.1 Å². The Bertz CT molecular complexity index is 2470. The average molecular weight is 851 g/mol. The van der Waals surface area contributed by atoms with Crippen LogP contribution in [0.1, 0.15) is 110 Å². The summed E-state index contributed by atoms with van der Waals surface area (Å²) in [6.07, 6.45) is 2.15. The van der Waals surface area contributed by atoms with Crippen molar-refractivity contribution in [3.05, 3.63) is 165 Å². The zero-order valence-electron chi connectivity index (χ0n) is 35.4. The van der Waals surface area contributed by atoms with Gasteiger partial charge in [0.25, 0.3) is 0 Å². The van der Waals surface area contributed by atoms with Gasteiger partial charge in [-0.2, -0.15) is 0 Å². The van der Waals surface area contributed by atoms with Gasteiger partial charge in [-0.05, 0) is 171 Å². The molecule has 0 saturated carbocycles. The van der Waals surface area contributed by atoms with Crippen molar-refractivity contribution in [2.45, 2.75) is 111 Å². The maximum absolute atomic E-state index is 2.49. The third-order valence-electron chi connectivity index (χ3n) is 12.1. The topological polar surface area (TPSA) is 8.17 Å². The highest BCUT2D eigenvalue weighted by molar-refractivity contribution is 14.1. The lowest BCUT2D eigenvalue weighted by molar-refractivity contribution is 0.375. The van der Waals surface area contributed by atoms with Gasteiger partial charge in [0.05, 0.1) is 11.0 Å². The van der Waals surface area contributed by atoms with E-state index in [-0.39, 0.29) is 21.7 Å². The fourth-order valence-electron chi connectivity index (χ4n) is 8.01. The Kier molecular flexibility index (Phi) is 10.6. The van der Waals surface area contributed by atoms with E-state index < -0.39 is 0 Å². The van der Waals surface area contributed by atoms with E-state index in [1.807, 2.05) is 0 Å². The Morgan fingerprint density at radius 3 is 1.32 bits per heavy atom. The first-order valence-electron chi connectivity index (χ1n) is 20.2. The second kappa shape index (κ2) is 14.9. The quantitative estimate of drug-likeness (QED) is 0.131. The predicted octanol–water partition coefficient (Wildman–Crippen LogP) is 15.8. The van der Waals surface area contributed by atoms with Crippen molar-refractivity contribution in [1.29, 1.82) is 0 Å². The van der Waals surface area contributed by atoms with E-state index in [4.69, 9.17) is 0 Å². The zero-order chi connectivity index (χ0) is 40.2. The standard InChI is InChI=1S/C53H59IN2/c1-36-12-22-42(23-13-36)55(43-24-14-37(15-25-43)50(2,3)4)44-26-16-38(17-27-44)52(8,9)32-33-53(10,11)40-19-31-49-47(35-40)46-34-39(51(5,6)7)18-30-48(46)56(49)45-28-20-41(54)21-29-45/h12-31,34-35H,32-33H2,1-11H3. The van der Waals surface area contributed by atoms with E-state index in [1.54, 1.807) is 0 Å². The largest absolute Gasteiger partial charge is 0.311 e. The average Bonchev–Trinajstić information content (AvgIpc) is 3.48. The Morgan fingerprint density at radius 1 is 0.446 bits per heavy atom. The Balaban J connectivity index is 1.17. The normalized spacial score (nSPS) is 12.8. The van der Waals surface area contributed by atoms with E-state index in [0.29, 0.717) is 0 Å². The summed E-state index contributed by atoms with van der Waals surface area (Å²) in [5.41, 5.74) is 14.1. The number of hydrogen-bond donors (Lipinski definition) is 0. The molecule has 0 radical (unpaired) electrons. The lowest BCUT2D eigenvalue weighted by Crippen LogP contribution is -2.24. The molecule has 0 unspecified atom stereocenters. The summed E-state index contributed by atoms with van der Waals surface area (Å²) in [4.78, 5) is 2.38. The number of aromatic nitrogens is 1. The van der Waals surface area contributed by atoms with Crippen molar-refractivity contribution in [3.8, 4) is 5.69 Å². The number of halogens is 1. The second-order valence-corrected chi connectivity index (χ2v) is 20.6. The van der Waals surface area contributed by atoms with Crippen LogP contribution in [0, 0.1) is 10.5 Å². The molecule has 0 N–H and O–H groups in total. The molecule has 0 atom stereocenters. The number of nitrogens with zero attached hydrogens (tertiary/aromatic N) is 2. The van der Waals surface area contributed by atoms with Gasteiger partial charge in [0.1, 0.15) is 0 Å². The third-order valence-corrected chi connectivity index (χ3v) is 12.8. The Labute approximate surface area is 350 Å². The van der Waals surface area contributed by atoms with Gasteiger partial charge in [-0.15, -0.1) is 0 Å². The number of hydrogen-bond acceptors (Lipinski definition) is 1. The molecule has 0 aliphatic rings. The SMILES string of the molecule is Cc1ccc(N(c2ccc(C(C)(C)C)cc2)c2ccc(C(C)(C)CCC(C)(C)c3ccc4c(c3)c3cc(C(C)(C)C)ccc3n4-c3ccc(I)cc3)cc2)cc1. The molecular weight excluding hydrogens is 792 g/mol. The molecule has 1 aromatic heterocycles. The lowest BCUT2D eigenvalue weighted by Gasteiger charge is -2.33. The van der Waals surface area contributed by atoms with Crippen LogP contribution < -0.4 is 4.90 Å². The highest BCUT2D eigenvalue weighted by Gasteiger charge is 2.29. The van der Waals surface area contributed by atoms with Crippen LogP contribution in [0.3, 0.4) is 0 Å². The van der Waals surface area contributed by atoms with Gasteiger partial charge >= 0.3 is 0 Å². The fraction of sp³-hybridized carbons (Fsp3) is 0.321. The number of fused-ring (bicyclic) bond motifs is 3. The van der Waals surface area contributed by atoms with Crippen molar-refractivity contribution in [1.82, 2.24) is 4.57 Å². The van der Waals surface area contributed by atoms with E-state index in [1.165, 1.54) is 75.9 Å². The van der Waals surface area contributed by atoms with Crippen molar-refractivity contribution in [3.63, 3.8) is 0 Å². The minimum atomic E-state index is -0.00816. The molecule has 288 valence electrons. The first-order valence-corrected chi connectivity index (χ1v) is 21.3. The number of anilines is 3. The van der Waals surface area contributed by atoms with Gasteiger partial charge in [-0.3, -0.25) is 0 Å². The maximum atomic E-state index is 2.49. The molecule has 0 bridgehead atoms. The van der Waals surface area contributed by atoms with Gasteiger partial charge in [0.15, 0.2) is 0 Å². The number of aryl methyl sites for hydroxylation is 1. The first-order chi connectivity index (χ1) is 26.3. The molecule has 0 aliphatic carbocycles. The second-order valence-electron chi connectivity index (χ2n) is 19.3. The van der Waals surface area contributed by atoms with Crippen LogP contribution in [0.15, 0.2) is 133 Å². The van der Waals surface area contributed by atoms with Gasteiger partial charge in [-0.1, -0.05) is 123 Å². The minimum Gasteiger partial charge on any atom is -0.311 e. The summed E-state index contributed by atoms with van der Waals surface area (Å²) in [6.45, 7) is 25.6. The summed E-state index contributed by atoms with van der Waals surface area (Å²) in [6, 6.07) is 50.5. The molecule has 0 spiro atoms. The lowest BCUT2D eigenvalue weighted by atomic mass is 9.72. The zero-order valence-corrected chi connectivity index (χ0v) is 37.5. The van der Waals surface area contributed by atoms with Crippen molar-refractivity contribution in [2.75, 3.05) is 4.90 Å². The Morgan fingerprint density at radius 2 is 0.839 bits per heavy atom. The third kappa shape index (κ3) is 8.07. The van der Waals surface area contributed by atoms with Gasteiger partial charge in [0.2, 0.25) is 0 Å². The van der Waals surface area contributed by atoms with Crippen LogP contribution in [-0.2, 0) is 21.7 Å². The monoisotopic (exact) mass is 850 g/mol.